The van der Waals surface area contributed by atoms with E-state index >= 15 is 0 Å². The first-order valence-corrected chi connectivity index (χ1v) is 35.7. The minimum absolute atomic E-state index is 0.0989. The number of hydrogen-bond donors (Lipinski definition) is 3. The van der Waals surface area contributed by atoms with Crippen molar-refractivity contribution >= 4 is 39.5 Å². The van der Waals surface area contributed by atoms with Gasteiger partial charge in [0, 0.05) is 25.7 Å². The maximum Gasteiger partial charge on any atom is 0.472 e. The van der Waals surface area contributed by atoms with Crippen LogP contribution in [0.3, 0.4) is 0 Å². The Morgan fingerprint density at radius 2 is 0.593 bits per heavy atom. The summed E-state index contributed by atoms with van der Waals surface area (Å²) in [6, 6.07) is 0. The minimum atomic E-state index is -4.94. The smallest absolute Gasteiger partial charge is 0.462 e. The Hall–Kier alpha value is -1.94. The van der Waals surface area contributed by atoms with Gasteiger partial charge in [-0.2, -0.15) is 0 Å². The largest absolute Gasteiger partial charge is 0.472 e. The van der Waals surface area contributed by atoms with Gasteiger partial charge >= 0.3 is 39.5 Å². The van der Waals surface area contributed by atoms with Crippen LogP contribution < -0.4 is 0 Å². The molecule has 0 saturated carbocycles. The highest BCUT2D eigenvalue weighted by Crippen LogP contribution is 2.45. The molecular weight excluding hydrogens is 1080 g/mol. The van der Waals surface area contributed by atoms with E-state index in [1.807, 2.05) is 0 Å². The standard InChI is InChI=1S/C62H120O17P2/c1-6-10-13-16-17-18-19-22-26-29-32-37-41-46-60(65)73-52-58(79-62(67)48-43-38-33-30-27-24-21-20-23-25-28-31-36-39-44-55(5)9-4)54-77-81(70,71)75-50-56(63)49-74-80(68,69)76-53-57(78-61(66)47-42-35-15-12-8-3)51-72-59(64)45-40-34-14-11-7-2/h55-58,63H,6-54H2,1-5H3,(H,68,69)(H,70,71)/t55?,56-,57+,58+/m0/s1. The number of aliphatic hydroxyl groups is 1. The van der Waals surface area contributed by atoms with Crippen LogP contribution in [0.25, 0.3) is 0 Å². The molecule has 0 aliphatic rings. The van der Waals surface area contributed by atoms with Crippen LogP contribution in [-0.4, -0.2) is 96.7 Å². The van der Waals surface area contributed by atoms with Gasteiger partial charge in [0.05, 0.1) is 26.4 Å². The summed E-state index contributed by atoms with van der Waals surface area (Å²) in [4.78, 5) is 71.6. The van der Waals surface area contributed by atoms with E-state index in [0.717, 1.165) is 102 Å². The van der Waals surface area contributed by atoms with Crippen LogP contribution in [0.15, 0.2) is 0 Å². The van der Waals surface area contributed by atoms with Crippen LogP contribution in [0, 0.1) is 5.92 Å². The number of aliphatic hydroxyl groups excluding tert-OH is 1. The van der Waals surface area contributed by atoms with Crippen LogP contribution >= 0.6 is 15.6 Å². The Morgan fingerprint density at radius 1 is 0.346 bits per heavy atom. The van der Waals surface area contributed by atoms with E-state index in [1.165, 1.54) is 128 Å². The van der Waals surface area contributed by atoms with Crippen LogP contribution in [0.4, 0.5) is 0 Å². The van der Waals surface area contributed by atoms with Crippen molar-refractivity contribution in [3.05, 3.63) is 0 Å². The molecule has 6 atom stereocenters. The fraction of sp³-hybridized carbons (Fsp3) is 0.935. The summed E-state index contributed by atoms with van der Waals surface area (Å²) in [5.74, 6) is -1.31. The van der Waals surface area contributed by atoms with E-state index in [2.05, 4.69) is 34.6 Å². The Morgan fingerprint density at radius 3 is 0.877 bits per heavy atom. The second kappa shape index (κ2) is 55.9. The average Bonchev–Trinajstić information content (AvgIpc) is 3.44. The van der Waals surface area contributed by atoms with Gasteiger partial charge in [0.25, 0.3) is 0 Å². The van der Waals surface area contributed by atoms with Gasteiger partial charge in [-0.1, -0.05) is 259 Å². The topological polar surface area (TPSA) is 237 Å². The van der Waals surface area contributed by atoms with Crippen molar-refractivity contribution in [2.24, 2.45) is 5.92 Å². The van der Waals surface area contributed by atoms with Crippen molar-refractivity contribution in [2.75, 3.05) is 39.6 Å². The minimum Gasteiger partial charge on any atom is -0.462 e. The van der Waals surface area contributed by atoms with E-state index in [-0.39, 0.29) is 25.7 Å². The third-order valence-electron chi connectivity index (χ3n) is 14.6. The van der Waals surface area contributed by atoms with E-state index in [1.54, 1.807) is 0 Å². The van der Waals surface area contributed by atoms with Gasteiger partial charge in [0.15, 0.2) is 12.2 Å². The SMILES string of the molecule is CCCCCCCCCCCCCCCC(=O)OC[C@H](COP(=O)(O)OC[C@@H](O)COP(=O)(O)OC[C@@H](COC(=O)CCCCCCC)OC(=O)CCCCCCC)OC(=O)CCCCCCCCCCCCCCCCC(C)CC. The third kappa shape index (κ3) is 55.7. The lowest BCUT2D eigenvalue weighted by molar-refractivity contribution is -0.161. The van der Waals surface area contributed by atoms with Gasteiger partial charge in [0.1, 0.15) is 19.3 Å². The monoisotopic (exact) mass is 1200 g/mol. The molecular formula is C62H120O17P2. The highest BCUT2D eigenvalue weighted by molar-refractivity contribution is 7.47. The third-order valence-corrected chi connectivity index (χ3v) is 16.5. The summed E-state index contributed by atoms with van der Waals surface area (Å²) in [6.45, 7) is 7.05. The van der Waals surface area contributed by atoms with Crippen LogP contribution in [0.1, 0.15) is 311 Å². The van der Waals surface area contributed by atoms with Crippen molar-refractivity contribution in [1.29, 1.82) is 0 Å². The maximum atomic E-state index is 13.0. The molecule has 0 saturated heterocycles. The number of esters is 4. The second-order valence-electron chi connectivity index (χ2n) is 22.7. The van der Waals surface area contributed by atoms with Gasteiger partial charge in [-0.3, -0.25) is 37.3 Å². The first kappa shape index (κ1) is 79.1. The molecule has 0 heterocycles. The van der Waals surface area contributed by atoms with Crippen LogP contribution in [0.2, 0.25) is 0 Å². The highest BCUT2D eigenvalue weighted by atomic mass is 31.2. The molecule has 0 rings (SSSR count). The summed E-state index contributed by atoms with van der Waals surface area (Å²) in [5, 5.41) is 10.5. The predicted octanol–water partition coefficient (Wildman–Crippen LogP) is 17.0. The normalized spacial score (nSPS) is 14.6. The summed E-state index contributed by atoms with van der Waals surface area (Å²) in [6.07, 6.45) is 39.7. The Labute approximate surface area is 492 Å². The first-order chi connectivity index (χ1) is 39.1. The molecule has 0 aromatic rings. The molecule has 0 fully saturated rings. The van der Waals surface area contributed by atoms with E-state index in [9.17, 15) is 43.2 Å². The van der Waals surface area contributed by atoms with Crippen LogP contribution in [-0.2, 0) is 65.4 Å². The van der Waals surface area contributed by atoms with Crippen molar-refractivity contribution < 1.29 is 80.2 Å². The van der Waals surface area contributed by atoms with Gasteiger partial charge in [0.2, 0.25) is 0 Å². The lowest BCUT2D eigenvalue weighted by Crippen LogP contribution is -2.30. The van der Waals surface area contributed by atoms with Crippen molar-refractivity contribution in [3.63, 3.8) is 0 Å². The van der Waals surface area contributed by atoms with Crippen molar-refractivity contribution in [2.45, 2.75) is 329 Å². The van der Waals surface area contributed by atoms with Gasteiger partial charge < -0.3 is 33.8 Å². The molecule has 0 bridgehead atoms. The molecule has 3 N–H and O–H groups in total. The molecule has 0 radical (unpaired) electrons. The predicted molar refractivity (Wildman–Crippen MR) is 322 cm³/mol. The number of hydrogen-bond acceptors (Lipinski definition) is 15. The molecule has 0 aliphatic carbocycles. The molecule has 480 valence electrons. The molecule has 0 aromatic carbocycles. The van der Waals surface area contributed by atoms with Crippen molar-refractivity contribution in [1.82, 2.24) is 0 Å². The summed E-state index contributed by atoms with van der Waals surface area (Å²) in [7, 11) is -9.86. The Bertz CT molecular complexity index is 1590. The number of ether oxygens (including phenoxy) is 4. The summed E-state index contributed by atoms with van der Waals surface area (Å²) in [5.41, 5.74) is 0. The van der Waals surface area contributed by atoms with E-state index in [0.29, 0.717) is 25.7 Å². The van der Waals surface area contributed by atoms with Gasteiger partial charge in [-0.25, -0.2) is 9.13 Å². The zero-order chi connectivity index (χ0) is 59.9. The number of carbonyl (C=O) groups is 4. The molecule has 0 aromatic heterocycles. The fourth-order valence-corrected chi connectivity index (χ4v) is 10.8. The zero-order valence-electron chi connectivity index (χ0n) is 51.9. The second-order valence-corrected chi connectivity index (χ2v) is 25.6. The fourth-order valence-electron chi connectivity index (χ4n) is 9.20. The number of phosphoric acid groups is 2. The molecule has 19 heteroatoms. The lowest BCUT2D eigenvalue weighted by atomic mass is 9.99. The van der Waals surface area contributed by atoms with Crippen molar-refractivity contribution in [3.8, 4) is 0 Å². The maximum absolute atomic E-state index is 13.0. The molecule has 3 unspecified atom stereocenters. The van der Waals surface area contributed by atoms with Gasteiger partial charge in [-0.05, 0) is 31.6 Å². The summed E-state index contributed by atoms with van der Waals surface area (Å²) < 4.78 is 67.5. The zero-order valence-corrected chi connectivity index (χ0v) is 53.7. The van der Waals surface area contributed by atoms with Crippen LogP contribution in [0.5, 0.6) is 0 Å². The number of rotatable bonds is 62. The number of unbranched alkanes of at least 4 members (excludes halogenated alkanes) is 33. The molecule has 81 heavy (non-hydrogen) atoms. The Balaban J connectivity index is 5.09. The molecule has 0 aliphatic heterocycles. The highest BCUT2D eigenvalue weighted by Gasteiger charge is 2.30. The Kier molecular flexibility index (Phi) is 54.6. The van der Waals surface area contributed by atoms with E-state index < -0.39 is 97.5 Å². The quantitative estimate of drug-likeness (QED) is 0.0222. The number of carbonyl (C=O) groups excluding carboxylic acids is 4. The summed E-state index contributed by atoms with van der Waals surface area (Å²) >= 11 is 0. The van der Waals surface area contributed by atoms with Gasteiger partial charge in [-0.15, -0.1) is 0 Å². The molecule has 17 nitrogen and oxygen atoms in total. The number of phosphoric ester groups is 2. The van der Waals surface area contributed by atoms with E-state index in [4.69, 9.17) is 37.0 Å². The average molecular weight is 1200 g/mol. The lowest BCUT2D eigenvalue weighted by Gasteiger charge is -2.21. The molecule has 0 spiro atoms. The molecule has 0 amide bonds. The first-order valence-electron chi connectivity index (χ1n) is 32.7.